The molecule has 3 unspecified atom stereocenters. The first kappa shape index (κ1) is 19.2. The molecule has 1 N–H and O–H groups in total. The average molecular weight is 335 g/mol. The predicted molar refractivity (Wildman–Crippen MR) is 97.5 cm³/mol. The number of rotatable bonds is 5. The van der Waals surface area contributed by atoms with Crippen LogP contribution in [-0.4, -0.2) is 24.8 Å². The molecule has 3 atom stereocenters. The fourth-order valence-corrected chi connectivity index (χ4v) is 5.45. The van der Waals surface area contributed by atoms with Crippen molar-refractivity contribution in [2.24, 2.45) is 22.7 Å². The number of aliphatic hydroxyl groups is 1. The molecule has 0 aromatic rings. The molecule has 2 rings (SSSR count). The number of carbonyl (C=O) groups excluding carboxylic acids is 1. The summed E-state index contributed by atoms with van der Waals surface area (Å²) >= 11 is 0. The molecule has 0 aromatic carbocycles. The molecule has 0 amide bonds. The third kappa shape index (κ3) is 3.77. The summed E-state index contributed by atoms with van der Waals surface area (Å²) in [6.07, 6.45) is 10.7. The van der Waals surface area contributed by atoms with Gasteiger partial charge in [0.25, 0.3) is 0 Å². The summed E-state index contributed by atoms with van der Waals surface area (Å²) in [6.45, 7) is 9.52. The lowest BCUT2D eigenvalue weighted by atomic mass is 9.48. The van der Waals surface area contributed by atoms with Gasteiger partial charge in [0, 0.05) is 6.08 Å². The number of methoxy groups -OCH3 is 1. The Hall–Kier alpha value is -1.09. The van der Waals surface area contributed by atoms with Crippen LogP contribution >= 0.6 is 0 Å². The topological polar surface area (TPSA) is 46.5 Å². The summed E-state index contributed by atoms with van der Waals surface area (Å²) < 4.78 is 4.69. The number of ether oxygens (including phenoxy) is 1. The Morgan fingerprint density at radius 3 is 2.71 bits per heavy atom. The summed E-state index contributed by atoms with van der Waals surface area (Å²) in [6, 6.07) is 0. The smallest absolute Gasteiger partial charge is 0.330 e. The standard InChI is InChI=1S/C21H34O3/c1-15-7-10-18-20(2,3)11-6-12-21(18,4)17(15)9-8-16(14-22)13-19(23)24-5/h7,13,17-18,22H,6,8-12,14H2,1-5H3. The van der Waals surface area contributed by atoms with E-state index in [1.807, 2.05) is 0 Å². The van der Waals surface area contributed by atoms with Gasteiger partial charge in [-0.1, -0.05) is 38.8 Å². The summed E-state index contributed by atoms with van der Waals surface area (Å²) in [5.74, 6) is 0.871. The van der Waals surface area contributed by atoms with Gasteiger partial charge in [0.1, 0.15) is 0 Å². The maximum Gasteiger partial charge on any atom is 0.330 e. The first-order valence-electron chi connectivity index (χ1n) is 9.29. The van der Waals surface area contributed by atoms with Crippen LogP contribution in [0.1, 0.15) is 66.2 Å². The van der Waals surface area contributed by atoms with Crippen LogP contribution in [0.5, 0.6) is 0 Å². The van der Waals surface area contributed by atoms with Crippen LogP contribution in [0.3, 0.4) is 0 Å². The van der Waals surface area contributed by atoms with Crippen LogP contribution in [0.25, 0.3) is 0 Å². The highest BCUT2D eigenvalue weighted by atomic mass is 16.5. The highest BCUT2D eigenvalue weighted by Gasteiger charge is 2.51. The molecule has 1 saturated carbocycles. The summed E-state index contributed by atoms with van der Waals surface area (Å²) in [5, 5.41) is 9.55. The molecule has 0 saturated heterocycles. The Bertz CT molecular complexity index is 529. The fraction of sp³-hybridized carbons (Fsp3) is 0.762. The van der Waals surface area contributed by atoms with E-state index in [0.29, 0.717) is 16.7 Å². The summed E-state index contributed by atoms with van der Waals surface area (Å²) in [4.78, 5) is 11.5. The summed E-state index contributed by atoms with van der Waals surface area (Å²) in [5.41, 5.74) is 2.98. The average Bonchev–Trinajstić information content (AvgIpc) is 2.51. The molecule has 2 aliphatic carbocycles. The molecule has 2 aliphatic rings. The maximum atomic E-state index is 11.5. The van der Waals surface area contributed by atoms with E-state index in [1.165, 1.54) is 44.4 Å². The van der Waals surface area contributed by atoms with E-state index in [2.05, 4.69) is 33.8 Å². The van der Waals surface area contributed by atoms with Gasteiger partial charge in [0.05, 0.1) is 13.7 Å². The first-order chi connectivity index (χ1) is 11.2. The van der Waals surface area contributed by atoms with Crippen LogP contribution in [0.2, 0.25) is 0 Å². The number of aliphatic hydroxyl groups excluding tert-OH is 1. The van der Waals surface area contributed by atoms with Crippen molar-refractivity contribution >= 4 is 5.97 Å². The van der Waals surface area contributed by atoms with Crippen molar-refractivity contribution in [2.45, 2.75) is 66.2 Å². The molecule has 24 heavy (non-hydrogen) atoms. The quantitative estimate of drug-likeness (QED) is 0.452. The van der Waals surface area contributed by atoms with E-state index in [0.717, 1.165) is 24.3 Å². The van der Waals surface area contributed by atoms with Gasteiger partial charge in [-0.05, 0) is 67.3 Å². The fourth-order valence-electron chi connectivity index (χ4n) is 5.45. The third-order valence-corrected chi connectivity index (χ3v) is 6.78. The predicted octanol–water partition coefficient (Wildman–Crippen LogP) is 4.66. The zero-order valence-electron chi connectivity index (χ0n) is 16.0. The second-order valence-electron chi connectivity index (χ2n) is 8.66. The number of hydrogen-bond acceptors (Lipinski definition) is 3. The second-order valence-corrected chi connectivity index (χ2v) is 8.66. The third-order valence-electron chi connectivity index (χ3n) is 6.78. The van der Waals surface area contributed by atoms with Gasteiger partial charge in [-0.2, -0.15) is 0 Å². The highest BCUT2D eigenvalue weighted by molar-refractivity contribution is 5.82. The van der Waals surface area contributed by atoms with Crippen molar-refractivity contribution in [1.29, 1.82) is 0 Å². The lowest BCUT2D eigenvalue weighted by Crippen LogP contribution is -2.48. The molecule has 0 heterocycles. The minimum absolute atomic E-state index is 0.0732. The van der Waals surface area contributed by atoms with Gasteiger partial charge < -0.3 is 9.84 Å². The Balaban J connectivity index is 2.18. The van der Waals surface area contributed by atoms with Crippen LogP contribution in [0.15, 0.2) is 23.3 Å². The van der Waals surface area contributed by atoms with Gasteiger partial charge >= 0.3 is 5.97 Å². The van der Waals surface area contributed by atoms with Gasteiger partial charge in [0.15, 0.2) is 0 Å². The minimum atomic E-state index is -0.377. The molecule has 0 spiro atoms. The van der Waals surface area contributed by atoms with Gasteiger partial charge in [-0.25, -0.2) is 4.79 Å². The Morgan fingerprint density at radius 1 is 1.38 bits per heavy atom. The monoisotopic (exact) mass is 334 g/mol. The number of allylic oxidation sites excluding steroid dienone is 2. The van der Waals surface area contributed by atoms with Crippen molar-refractivity contribution in [3.63, 3.8) is 0 Å². The Labute approximate surface area is 147 Å². The Morgan fingerprint density at radius 2 is 2.08 bits per heavy atom. The number of hydrogen-bond donors (Lipinski definition) is 1. The van der Waals surface area contributed by atoms with Crippen molar-refractivity contribution < 1.29 is 14.6 Å². The zero-order valence-corrected chi connectivity index (χ0v) is 16.0. The second kappa shape index (κ2) is 7.43. The molecule has 3 heteroatoms. The lowest BCUT2D eigenvalue weighted by Gasteiger charge is -2.57. The molecular weight excluding hydrogens is 300 g/mol. The molecule has 0 aromatic heterocycles. The number of carbonyl (C=O) groups is 1. The van der Waals surface area contributed by atoms with Gasteiger partial charge in [0.2, 0.25) is 0 Å². The number of fused-ring (bicyclic) bond motifs is 1. The maximum absolute atomic E-state index is 11.5. The van der Waals surface area contributed by atoms with Crippen molar-refractivity contribution in [1.82, 2.24) is 0 Å². The zero-order chi connectivity index (χ0) is 18.0. The molecule has 3 nitrogen and oxygen atoms in total. The van der Waals surface area contributed by atoms with Crippen molar-refractivity contribution in [3.8, 4) is 0 Å². The lowest BCUT2D eigenvalue weighted by molar-refractivity contribution is -0.134. The minimum Gasteiger partial charge on any atom is -0.466 e. The van der Waals surface area contributed by atoms with E-state index in [-0.39, 0.29) is 12.6 Å². The van der Waals surface area contributed by atoms with E-state index in [4.69, 9.17) is 4.74 Å². The van der Waals surface area contributed by atoms with Gasteiger partial charge in [-0.3, -0.25) is 0 Å². The molecule has 0 bridgehead atoms. The molecule has 136 valence electrons. The highest BCUT2D eigenvalue weighted by Crippen LogP contribution is 2.60. The van der Waals surface area contributed by atoms with Crippen LogP contribution < -0.4 is 0 Å². The SMILES string of the molecule is COC(=O)C=C(CO)CCC1C(C)=CCC2C(C)(C)CCCC12C. The summed E-state index contributed by atoms with van der Waals surface area (Å²) in [7, 11) is 1.37. The largest absolute Gasteiger partial charge is 0.466 e. The van der Waals surface area contributed by atoms with E-state index >= 15 is 0 Å². The van der Waals surface area contributed by atoms with Crippen LogP contribution in [0, 0.1) is 22.7 Å². The van der Waals surface area contributed by atoms with E-state index in [1.54, 1.807) is 0 Å². The van der Waals surface area contributed by atoms with Crippen LogP contribution in [-0.2, 0) is 9.53 Å². The number of esters is 1. The molecule has 1 fully saturated rings. The van der Waals surface area contributed by atoms with Crippen molar-refractivity contribution in [3.05, 3.63) is 23.3 Å². The molecule has 0 aliphatic heterocycles. The van der Waals surface area contributed by atoms with Crippen LogP contribution in [0.4, 0.5) is 0 Å². The van der Waals surface area contributed by atoms with E-state index in [9.17, 15) is 9.90 Å². The first-order valence-corrected chi connectivity index (χ1v) is 9.29. The van der Waals surface area contributed by atoms with Crippen molar-refractivity contribution in [2.75, 3.05) is 13.7 Å². The molecular formula is C21H34O3. The normalized spacial score (nSPS) is 32.8. The Kier molecular flexibility index (Phi) is 5.95. The molecule has 0 radical (unpaired) electrons. The van der Waals surface area contributed by atoms with E-state index < -0.39 is 0 Å². The van der Waals surface area contributed by atoms with Gasteiger partial charge in [-0.15, -0.1) is 0 Å².